The number of aromatic amines is 1. The second-order valence-corrected chi connectivity index (χ2v) is 6.69. The van der Waals surface area contributed by atoms with Crippen LogP contribution in [0.3, 0.4) is 0 Å². The smallest absolute Gasteiger partial charge is 0.168 e. The average molecular weight is 357 g/mol. The number of rotatable bonds is 8. The summed E-state index contributed by atoms with van der Waals surface area (Å²) in [6, 6.07) is 2.84. The Morgan fingerprint density at radius 2 is 2.35 bits per heavy atom. The highest BCUT2D eigenvalue weighted by Crippen LogP contribution is 2.33. The van der Waals surface area contributed by atoms with E-state index < -0.39 is 0 Å². The molecule has 0 spiro atoms. The highest BCUT2D eigenvalue weighted by Gasteiger charge is 2.27. The van der Waals surface area contributed by atoms with Crippen LogP contribution in [-0.2, 0) is 13.0 Å². The first-order valence-electron chi connectivity index (χ1n) is 12.5. The van der Waals surface area contributed by atoms with Crippen molar-refractivity contribution in [2.75, 3.05) is 13.1 Å². The van der Waals surface area contributed by atoms with Crippen molar-refractivity contribution in [2.24, 2.45) is 5.72 Å². The molecule has 4 rings (SSSR count). The highest BCUT2D eigenvalue weighted by molar-refractivity contribution is 5.74. The van der Waals surface area contributed by atoms with E-state index >= 15 is 0 Å². The third-order valence-electron chi connectivity index (χ3n) is 4.93. The Hall–Kier alpha value is -2.24. The minimum atomic E-state index is -0.370. The van der Waals surface area contributed by atoms with Crippen molar-refractivity contribution in [3.63, 3.8) is 0 Å². The summed E-state index contributed by atoms with van der Waals surface area (Å²) in [4.78, 5) is 12.3. The van der Waals surface area contributed by atoms with Crippen LogP contribution in [0.2, 0.25) is 4.24 Å². The summed E-state index contributed by atoms with van der Waals surface area (Å²) >= 11 is 0. The van der Waals surface area contributed by atoms with E-state index in [0.717, 1.165) is 36.4 Å². The minimum absolute atomic E-state index is 0.0299. The molecule has 1 aliphatic carbocycles. The summed E-state index contributed by atoms with van der Waals surface area (Å²) in [7, 11) is 0. The van der Waals surface area contributed by atoms with E-state index in [0.29, 0.717) is 37.6 Å². The van der Waals surface area contributed by atoms with Crippen molar-refractivity contribution in [1.29, 1.82) is 0 Å². The molecule has 0 fully saturated rings. The molecule has 2 heterocycles. The second-order valence-electron chi connectivity index (χ2n) is 6.69. The van der Waals surface area contributed by atoms with Crippen LogP contribution in [0, 0.1) is 0 Å². The number of H-pyrrole nitrogens is 1. The number of para-hydroxylation sites is 2. The third kappa shape index (κ3) is 3.64. The van der Waals surface area contributed by atoms with E-state index in [-0.39, 0.29) is 41.2 Å². The van der Waals surface area contributed by atoms with Gasteiger partial charge in [0.2, 0.25) is 0 Å². The molecule has 0 saturated carbocycles. The van der Waals surface area contributed by atoms with Gasteiger partial charge in [-0.25, -0.2) is 4.98 Å². The fourth-order valence-electron chi connectivity index (χ4n) is 3.71. The Balaban J connectivity index is 1.69. The number of fused-ring (bicyclic) bond motifs is 2. The summed E-state index contributed by atoms with van der Waals surface area (Å²) in [5.41, 5.74) is 3.09. The Labute approximate surface area is 164 Å². The van der Waals surface area contributed by atoms with Crippen LogP contribution < -0.4 is 5.72 Å². The van der Waals surface area contributed by atoms with E-state index in [1.807, 2.05) is 6.07 Å². The van der Waals surface area contributed by atoms with Gasteiger partial charge in [0.05, 0.1) is 34.8 Å². The predicted molar refractivity (Wildman–Crippen MR) is 105 cm³/mol. The molecule has 136 valence electrons. The van der Waals surface area contributed by atoms with Crippen molar-refractivity contribution in [3.8, 4) is 0 Å². The second kappa shape index (κ2) is 7.98. The number of unbranched alkanes of at least 4 members (excludes halogenated alkanes) is 1. The summed E-state index contributed by atoms with van der Waals surface area (Å²) in [6.07, 6.45) is 6.12. The van der Waals surface area contributed by atoms with Crippen molar-refractivity contribution in [1.82, 2.24) is 19.8 Å². The summed E-state index contributed by atoms with van der Waals surface area (Å²) in [5, 5.41) is 0. The van der Waals surface area contributed by atoms with Gasteiger partial charge in [0.25, 0.3) is 0 Å². The van der Waals surface area contributed by atoms with Crippen LogP contribution in [0.25, 0.3) is 11.0 Å². The lowest BCUT2D eigenvalue weighted by Crippen LogP contribution is -2.33. The quantitative estimate of drug-likeness (QED) is 0.605. The largest absolute Gasteiger partial charge is 0.341 e. The topological polar surface area (TPSA) is 70.8 Å². The Bertz CT molecular complexity index is 1150. The monoisotopic (exact) mass is 356 g/mol. The molecule has 0 radical (unpaired) electrons. The maximum Gasteiger partial charge on any atom is 0.168 e. The number of hydrogen-bond acceptors (Lipinski definition) is 4. The molecule has 0 bridgehead atoms. The van der Waals surface area contributed by atoms with Gasteiger partial charge in [0.15, 0.2) is 1.41 Å². The standard InChI is InChI=1S/C21H27N5/c22-12-3-4-14-26(15-20-24-17-9-1-2-10-18(17)25-20)19-11-5-7-16-8-6-13-23-21(16)19/h1-2,6,8-10,13,19H,3-5,7,11-12,14-15,22H2,(H,24,25)/t19-/m0/s1/i1D,2D,9D,10D/hD3. The van der Waals surface area contributed by atoms with E-state index in [9.17, 15) is 0 Å². The van der Waals surface area contributed by atoms with Crippen LogP contribution in [0.1, 0.15) is 54.3 Å². The molecular formula is C21H27N5. The van der Waals surface area contributed by atoms with E-state index in [1.165, 1.54) is 5.56 Å². The van der Waals surface area contributed by atoms with Gasteiger partial charge in [-0.15, -0.1) is 0 Å². The van der Waals surface area contributed by atoms with Crippen LogP contribution in [0.4, 0.5) is 0 Å². The summed E-state index contributed by atoms with van der Waals surface area (Å²) in [5.74, 6) is 0.350. The Kier molecular flexibility index (Phi) is 3.31. The summed E-state index contributed by atoms with van der Waals surface area (Å²) < 4.78 is 55.3. The summed E-state index contributed by atoms with van der Waals surface area (Å²) in [6.45, 7) is 1.30. The molecule has 0 unspecified atom stereocenters. The Morgan fingerprint density at radius 1 is 1.38 bits per heavy atom. The van der Waals surface area contributed by atoms with Crippen molar-refractivity contribution in [2.45, 2.75) is 44.7 Å². The number of imidazole rings is 1. The lowest BCUT2D eigenvalue weighted by atomic mass is 9.90. The zero-order valence-corrected chi connectivity index (χ0v) is 14.7. The number of nitrogens with two attached hydrogens (primary N) is 1. The molecule has 5 nitrogen and oxygen atoms in total. The molecule has 0 amide bonds. The van der Waals surface area contributed by atoms with Gasteiger partial charge in [-0.2, -0.15) is 0 Å². The van der Waals surface area contributed by atoms with Gasteiger partial charge in [0, 0.05) is 6.20 Å². The number of nitrogens with one attached hydrogen (secondary N) is 1. The fraction of sp³-hybridized carbons (Fsp3) is 0.429. The molecular weight excluding hydrogens is 322 g/mol. The lowest BCUT2D eigenvalue weighted by molar-refractivity contribution is 0.159. The van der Waals surface area contributed by atoms with E-state index in [2.05, 4.69) is 20.9 Å². The van der Waals surface area contributed by atoms with Crippen LogP contribution >= 0.6 is 0 Å². The first kappa shape index (κ1) is 10.8. The molecule has 5 heteroatoms. The van der Waals surface area contributed by atoms with E-state index in [1.54, 1.807) is 6.20 Å². The number of benzene rings is 1. The first-order valence-corrected chi connectivity index (χ1v) is 9.19. The fourth-order valence-corrected chi connectivity index (χ4v) is 3.71. The number of hydrogen-bond donors (Lipinski definition) is 2. The van der Waals surface area contributed by atoms with Crippen molar-refractivity contribution < 1.29 is 9.72 Å². The van der Waals surface area contributed by atoms with Gasteiger partial charge < -0.3 is 10.7 Å². The van der Waals surface area contributed by atoms with Gasteiger partial charge in [-0.05, 0) is 68.9 Å². The van der Waals surface area contributed by atoms with Crippen LogP contribution in [0.15, 0.2) is 42.5 Å². The molecule has 1 aliphatic rings. The zero-order valence-electron chi connectivity index (χ0n) is 21.7. The third-order valence-corrected chi connectivity index (χ3v) is 4.93. The van der Waals surface area contributed by atoms with Gasteiger partial charge >= 0.3 is 0 Å². The molecule has 3 N–H and O–H groups in total. The number of nitrogens with zero attached hydrogens (tertiary/aromatic N) is 3. The van der Waals surface area contributed by atoms with Crippen molar-refractivity contribution >= 4 is 11.0 Å². The molecule has 0 aliphatic heterocycles. The number of pyridine rings is 1. The molecule has 2 aromatic heterocycles. The van der Waals surface area contributed by atoms with Crippen LogP contribution in [-0.4, -0.2) is 32.9 Å². The van der Waals surface area contributed by atoms with Crippen LogP contribution in [0.5, 0.6) is 0 Å². The molecule has 26 heavy (non-hydrogen) atoms. The molecule has 1 atom stereocenters. The number of aromatic nitrogens is 3. The molecule has 3 aromatic rings. The SMILES string of the molecule is [2H]c1c([2H])c([2H])c2c(nc(CN(CCCCN([2H])[2H])[C@H]3CCCc4cccnc43)n2[2H])c1[2H]. The highest BCUT2D eigenvalue weighted by atomic mass is 15.2. The average Bonchev–Trinajstić information content (AvgIpc) is 3.13. The van der Waals surface area contributed by atoms with Gasteiger partial charge in [0.1, 0.15) is 8.65 Å². The first-order chi connectivity index (χ1) is 15.8. The predicted octanol–water partition coefficient (Wildman–Crippen LogP) is 3.58. The molecule has 0 saturated heterocycles. The Morgan fingerprint density at radius 3 is 3.31 bits per heavy atom. The van der Waals surface area contributed by atoms with Gasteiger partial charge in [-0.3, -0.25) is 9.88 Å². The maximum absolute atomic E-state index is 8.55. The zero-order chi connectivity index (χ0) is 23.7. The van der Waals surface area contributed by atoms with Crippen molar-refractivity contribution in [3.05, 3.63) is 59.6 Å². The van der Waals surface area contributed by atoms with E-state index in [4.69, 9.17) is 9.72 Å². The maximum atomic E-state index is 8.55. The molecule has 1 aromatic carbocycles. The lowest BCUT2D eigenvalue weighted by Gasteiger charge is -2.34. The normalized spacial score (nSPS) is 20.8. The van der Waals surface area contributed by atoms with Gasteiger partial charge in [-0.1, -0.05) is 18.2 Å². The number of aryl methyl sites for hydroxylation is 1. The minimum Gasteiger partial charge on any atom is -0.341 e.